The van der Waals surface area contributed by atoms with Crippen LogP contribution < -0.4 is 10.6 Å². The Kier molecular flexibility index (Phi) is 6.60. The number of hydrogen-bond acceptors (Lipinski definition) is 3. The summed E-state index contributed by atoms with van der Waals surface area (Å²) in [6.45, 7) is 7.41. The zero-order valence-electron chi connectivity index (χ0n) is 10.8. The summed E-state index contributed by atoms with van der Waals surface area (Å²) in [5, 5.41) is 0. The molecule has 5 heteroatoms. The fraction of sp³-hybridized carbons (Fsp3) is 0.462. The van der Waals surface area contributed by atoms with Crippen LogP contribution in [0, 0.1) is 0 Å². The number of hydrogen-bond donors (Lipinski definition) is 1. The van der Waals surface area contributed by atoms with Crippen LogP contribution in [0.2, 0.25) is 0 Å². The molecular formula is C13H19BrN2OS. The van der Waals surface area contributed by atoms with Crippen molar-refractivity contribution >= 4 is 38.8 Å². The summed E-state index contributed by atoms with van der Waals surface area (Å²) in [5.41, 5.74) is 7.63. The summed E-state index contributed by atoms with van der Waals surface area (Å²) in [4.78, 5) is 2.67. The zero-order chi connectivity index (χ0) is 13.5. The Morgan fingerprint density at radius 3 is 2.67 bits per heavy atom. The lowest BCUT2D eigenvalue weighted by atomic mass is 10.2. The lowest BCUT2D eigenvalue weighted by Crippen LogP contribution is -2.27. The number of likely N-dealkylation sites (N-methyl/N-ethyl adjacent to an activating group) is 1. The molecule has 0 heterocycles. The maximum Gasteiger partial charge on any atom is 0.104 e. The molecule has 0 saturated carbocycles. The van der Waals surface area contributed by atoms with Crippen molar-refractivity contribution in [2.75, 3.05) is 31.2 Å². The highest BCUT2D eigenvalue weighted by molar-refractivity contribution is 9.10. The Morgan fingerprint density at radius 2 is 2.17 bits per heavy atom. The van der Waals surface area contributed by atoms with E-state index in [9.17, 15) is 0 Å². The predicted octanol–water partition coefficient (Wildman–Crippen LogP) is 2.95. The van der Waals surface area contributed by atoms with Crippen molar-refractivity contribution < 1.29 is 4.74 Å². The molecule has 0 fully saturated rings. The SMILES string of the molecule is CCOCCN(CC)c1ccc(C(N)=S)cc1Br. The van der Waals surface area contributed by atoms with Gasteiger partial charge in [0.25, 0.3) is 0 Å². The molecule has 1 aromatic rings. The number of nitrogens with two attached hydrogens (primary N) is 1. The third kappa shape index (κ3) is 4.23. The summed E-state index contributed by atoms with van der Waals surface area (Å²) in [6.07, 6.45) is 0. The second-order valence-corrected chi connectivity index (χ2v) is 5.10. The molecule has 0 saturated heterocycles. The molecule has 18 heavy (non-hydrogen) atoms. The molecule has 0 atom stereocenters. The van der Waals surface area contributed by atoms with Gasteiger partial charge in [-0.3, -0.25) is 0 Å². The van der Waals surface area contributed by atoms with Crippen molar-refractivity contribution in [1.29, 1.82) is 0 Å². The van der Waals surface area contributed by atoms with E-state index in [0.29, 0.717) is 4.99 Å². The number of thiocarbonyl (C=S) groups is 1. The van der Waals surface area contributed by atoms with Crippen LogP contribution >= 0.6 is 28.1 Å². The van der Waals surface area contributed by atoms with Crippen LogP contribution in [0.3, 0.4) is 0 Å². The quantitative estimate of drug-likeness (QED) is 0.616. The average Bonchev–Trinajstić information content (AvgIpc) is 2.35. The Balaban J connectivity index is 2.82. The number of rotatable bonds is 7. The summed E-state index contributed by atoms with van der Waals surface area (Å²) in [6, 6.07) is 5.95. The maximum atomic E-state index is 5.62. The van der Waals surface area contributed by atoms with Crippen molar-refractivity contribution in [3.8, 4) is 0 Å². The monoisotopic (exact) mass is 330 g/mol. The molecule has 1 aromatic carbocycles. The van der Waals surface area contributed by atoms with Crippen LogP contribution in [0.5, 0.6) is 0 Å². The van der Waals surface area contributed by atoms with Gasteiger partial charge in [-0.05, 0) is 48.0 Å². The van der Waals surface area contributed by atoms with Crippen molar-refractivity contribution in [3.63, 3.8) is 0 Å². The number of ether oxygens (including phenoxy) is 1. The normalized spacial score (nSPS) is 10.4. The van der Waals surface area contributed by atoms with Gasteiger partial charge in [-0.1, -0.05) is 12.2 Å². The molecule has 0 aliphatic carbocycles. The van der Waals surface area contributed by atoms with Crippen LogP contribution in [-0.2, 0) is 4.74 Å². The van der Waals surface area contributed by atoms with Gasteiger partial charge in [0.2, 0.25) is 0 Å². The standard InChI is InChI=1S/C13H19BrN2OS/c1-3-16(7-8-17-4-2)12-6-5-10(13(15)18)9-11(12)14/h5-6,9H,3-4,7-8H2,1-2H3,(H2,15,18). The van der Waals surface area contributed by atoms with Gasteiger partial charge in [-0.25, -0.2) is 0 Å². The zero-order valence-corrected chi connectivity index (χ0v) is 13.2. The van der Waals surface area contributed by atoms with E-state index < -0.39 is 0 Å². The van der Waals surface area contributed by atoms with Crippen molar-refractivity contribution in [3.05, 3.63) is 28.2 Å². The van der Waals surface area contributed by atoms with E-state index in [1.54, 1.807) is 0 Å². The maximum absolute atomic E-state index is 5.62. The van der Waals surface area contributed by atoms with Crippen molar-refractivity contribution in [1.82, 2.24) is 0 Å². The first-order valence-electron chi connectivity index (χ1n) is 6.02. The van der Waals surface area contributed by atoms with Crippen LogP contribution in [0.1, 0.15) is 19.4 Å². The van der Waals surface area contributed by atoms with Crippen LogP contribution in [-0.4, -0.2) is 31.3 Å². The summed E-state index contributed by atoms with van der Waals surface area (Å²) < 4.78 is 6.40. The highest BCUT2D eigenvalue weighted by atomic mass is 79.9. The van der Waals surface area contributed by atoms with E-state index >= 15 is 0 Å². The van der Waals surface area contributed by atoms with Gasteiger partial charge >= 0.3 is 0 Å². The van der Waals surface area contributed by atoms with E-state index in [-0.39, 0.29) is 0 Å². The molecule has 1 rings (SSSR count). The van der Waals surface area contributed by atoms with E-state index in [1.165, 1.54) is 0 Å². The van der Waals surface area contributed by atoms with Gasteiger partial charge < -0.3 is 15.4 Å². The van der Waals surface area contributed by atoms with Crippen LogP contribution in [0.15, 0.2) is 22.7 Å². The van der Waals surface area contributed by atoms with Crippen molar-refractivity contribution in [2.24, 2.45) is 5.73 Å². The number of benzene rings is 1. The van der Waals surface area contributed by atoms with Gasteiger partial charge in [0, 0.05) is 29.7 Å². The molecule has 3 nitrogen and oxygen atoms in total. The Bertz CT molecular complexity index is 412. The van der Waals surface area contributed by atoms with E-state index in [4.69, 9.17) is 22.7 Å². The lowest BCUT2D eigenvalue weighted by Gasteiger charge is -2.24. The molecule has 0 aliphatic rings. The molecule has 0 unspecified atom stereocenters. The van der Waals surface area contributed by atoms with E-state index in [0.717, 1.165) is 42.0 Å². The van der Waals surface area contributed by atoms with Gasteiger partial charge in [-0.2, -0.15) is 0 Å². The molecule has 0 amide bonds. The Hall–Kier alpha value is -0.650. The molecule has 0 aromatic heterocycles. The second kappa shape index (κ2) is 7.71. The lowest BCUT2D eigenvalue weighted by molar-refractivity contribution is 0.154. The molecule has 0 spiro atoms. The molecule has 0 radical (unpaired) electrons. The Labute approximate surface area is 122 Å². The minimum absolute atomic E-state index is 0.416. The first-order chi connectivity index (χ1) is 8.60. The molecule has 0 bridgehead atoms. The summed E-state index contributed by atoms with van der Waals surface area (Å²) >= 11 is 8.54. The number of anilines is 1. The number of nitrogens with zero attached hydrogens (tertiary/aromatic N) is 1. The summed E-state index contributed by atoms with van der Waals surface area (Å²) in [5.74, 6) is 0. The predicted molar refractivity (Wildman–Crippen MR) is 84.4 cm³/mol. The number of halogens is 1. The van der Waals surface area contributed by atoms with Gasteiger partial charge in [0.15, 0.2) is 0 Å². The second-order valence-electron chi connectivity index (χ2n) is 3.81. The fourth-order valence-corrected chi connectivity index (χ4v) is 2.44. The minimum Gasteiger partial charge on any atom is -0.389 e. The van der Waals surface area contributed by atoms with Gasteiger partial charge in [-0.15, -0.1) is 0 Å². The summed E-state index contributed by atoms with van der Waals surface area (Å²) in [7, 11) is 0. The van der Waals surface area contributed by atoms with Crippen molar-refractivity contribution in [2.45, 2.75) is 13.8 Å². The highest BCUT2D eigenvalue weighted by Crippen LogP contribution is 2.27. The largest absolute Gasteiger partial charge is 0.389 e. The fourth-order valence-electron chi connectivity index (χ4n) is 1.68. The minimum atomic E-state index is 0.416. The third-order valence-corrected chi connectivity index (χ3v) is 3.54. The molecular weight excluding hydrogens is 312 g/mol. The van der Waals surface area contributed by atoms with Crippen LogP contribution in [0.25, 0.3) is 0 Å². The van der Waals surface area contributed by atoms with Crippen LogP contribution in [0.4, 0.5) is 5.69 Å². The molecule has 100 valence electrons. The third-order valence-electron chi connectivity index (χ3n) is 2.66. The Morgan fingerprint density at radius 1 is 1.44 bits per heavy atom. The molecule has 0 aliphatic heterocycles. The molecule has 2 N–H and O–H groups in total. The smallest absolute Gasteiger partial charge is 0.104 e. The first-order valence-corrected chi connectivity index (χ1v) is 7.22. The topological polar surface area (TPSA) is 38.5 Å². The average molecular weight is 331 g/mol. The van der Waals surface area contributed by atoms with E-state index in [1.807, 2.05) is 25.1 Å². The highest BCUT2D eigenvalue weighted by Gasteiger charge is 2.09. The van der Waals surface area contributed by atoms with Gasteiger partial charge in [0.1, 0.15) is 4.99 Å². The first kappa shape index (κ1) is 15.4. The van der Waals surface area contributed by atoms with E-state index in [2.05, 4.69) is 27.8 Å². The van der Waals surface area contributed by atoms with Gasteiger partial charge in [0.05, 0.1) is 12.3 Å².